The van der Waals surface area contributed by atoms with Gasteiger partial charge in [-0.05, 0) is 161 Å². The Morgan fingerprint density at radius 3 is 1.65 bits per heavy atom. The van der Waals surface area contributed by atoms with E-state index in [0.717, 1.165) is 88.7 Å². The Labute approximate surface area is 267 Å². The van der Waals surface area contributed by atoms with E-state index in [1.54, 1.807) is 0 Å². The van der Waals surface area contributed by atoms with Gasteiger partial charge >= 0.3 is 0 Å². The Kier molecular flexibility index (Phi) is 19.9. The molecule has 0 aliphatic heterocycles. The SMILES string of the molecule is CCNCCCNCC1CCCC1NCCCN(CC)C1CC(CNCCCNCC2CCCC2NCC)C(NCC)C1. The van der Waals surface area contributed by atoms with E-state index in [1.807, 2.05) is 0 Å². The quantitative estimate of drug-likeness (QED) is 0.0757. The van der Waals surface area contributed by atoms with Gasteiger partial charge in [0.15, 0.2) is 0 Å². The molecule has 0 heterocycles. The van der Waals surface area contributed by atoms with Gasteiger partial charge in [0.05, 0.1) is 0 Å². The molecule has 0 aromatic heterocycles. The van der Waals surface area contributed by atoms with Crippen LogP contribution in [0.1, 0.15) is 98.3 Å². The van der Waals surface area contributed by atoms with E-state index in [0.29, 0.717) is 12.1 Å². The third-order valence-electron chi connectivity index (χ3n) is 10.8. The van der Waals surface area contributed by atoms with Gasteiger partial charge in [-0.2, -0.15) is 0 Å². The number of nitrogens with one attached hydrogen (secondary N) is 7. The predicted molar refractivity (Wildman–Crippen MR) is 186 cm³/mol. The van der Waals surface area contributed by atoms with Crippen LogP contribution in [-0.4, -0.2) is 114 Å². The molecule has 8 nitrogen and oxygen atoms in total. The van der Waals surface area contributed by atoms with Gasteiger partial charge in [0.2, 0.25) is 0 Å². The molecule has 0 saturated heterocycles. The molecule has 7 N–H and O–H groups in total. The van der Waals surface area contributed by atoms with Crippen molar-refractivity contribution in [3.05, 3.63) is 0 Å². The fourth-order valence-electron chi connectivity index (χ4n) is 8.38. The van der Waals surface area contributed by atoms with Crippen LogP contribution in [0.4, 0.5) is 0 Å². The van der Waals surface area contributed by atoms with E-state index in [2.05, 4.69) is 69.8 Å². The second-order valence-electron chi connectivity index (χ2n) is 13.8. The normalized spacial score (nSPS) is 29.4. The summed E-state index contributed by atoms with van der Waals surface area (Å²) in [6.07, 6.45) is 14.6. The molecule has 0 bridgehead atoms. The highest BCUT2D eigenvalue weighted by Gasteiger charge is 2.36. The van der Waals surface area contributed by atoms with Gasteiger partial charge in [-0.25, -0.2) is 0 Å². The van der Waals surface area contributed by atoms with E-state index >= 15 is 0 Å². The fraction of sp³-hybridized carbons (Fsp3) is 1.00. The highest BCUT2D eigenvalue weighted by Crippen LogP contribution is 2.30. The molecule has 3 rings (SSSR count). The van der Waals surface area contributed by atoms with Gasteiger partial charge in [0.1, 0.15) is 0 Å². The summed E-state index contributed by atoms with van der Waals surface area (Å²) in [6.45, 7) is 24.0. The van der Waals surface area contributed by atoms with Gasteiger partial charge in [0.25, 0.3) is 0 Å². The lowest BCUT2D eigenvalue weighted by Crippen LogP contribution is -2.40. The minimum absolute atomic E-state index is 0.655. The Balaban J connectivity index is 1.27. The zero-order valence-corrected chi connectivity index (χ0v) is 29.0. The minimum Gasteiger partial charge on any atom is -0.317 e. The number of rotatable bonds is 26. The van der Waals surface area contributed by atoms with Crippen LogP contribution in [0.15, 0.2) is 0 Å². The van der Waals surface area contributed by atoms with Crippen LogP contribution in [0.3, 0.4) is 0 Å². The van der Waals surface area contributed by atoms with Crippen LogP contribution in [0.25, 0.3) is 0 Å². The topological polar surface area (TPSA) is 87.5 Å². The number of hydrogen-bond donors (Lipinski definition) is 7. The van der Waals surface area contributed by atoms with Crippen molar-refractivity contribution in [2.45, 2.75) is 122 Å². The second kappa shape index (κ2) is 23.1. The zero-order chi connectivity index (χ0) is 30.5. The summed E-state index contributed by atoms with van der Waals surface area (Å²) in [5.74, 6) is 2.38. The van der Waals surface area contributed by atoms with Gasteiger partial charge in [0, 0.05) is 24.2 Å². The van der Waals surface area contributed by atoms with Gasteiger partial charge in [-0.1, -0.05) is 40.5 Å². The lowest BCUT2D eigenvalue weighted by atomic mass is 10.0. The largest absolute Gasteiger partial charge is 0.317 e. The molecule has 3 aliphatic carbocycles. The Morgan fingerprint density at radius 1 is 0.512 bits per heavy atom. The second-order valence-corrected chi connectivity index (χ2v) is 13.8. The van der Waals surface area contributed by atoms with Crippen molar-refractivity contribution in [2.75, 3.05) is 85.1 Å². The van der Waals surface area contributed by atoms with Crippen LogP contribution in [0, 0.1) is 17.8 Å². The van der Waals surface area contributed by atoms with Crippen LogP contribution in [0.5, 0.6) is 0 Å². The van der Waals surface area contributed by atoms with Crippen molar-refractivity contribution >= 4 is 0 Å². The molecule has 3 saturated carbocycles. The number of nitrogens with zero attached hydrogens (tertiary/aromatic N) is 1. The molecular formula is C35H74N8. The van der Waals surface area contributed by atoms with Crippen molar-refractivity contribution in [2.24, 2.45) is 17.8 Å². The summed E-state index contributed by atoms with van der Waals surface area (Å²) in [5.41, 5.74) is 0. The maximum atomic E-state index is 3.96. The van der Waals surface area contributed by atoms with E-state index < -0.39 is 0 Å². The molecule has 0 aromatic rings. The van der Waals surface area contributed by atoms with Crippen LogP contribution < -0.4 is 37.2 Å². The first-order valence-corrected chi connectivity index (χ1v) is 19.0. The molecule has 7 atom stereocenters. The molecule has 254 valence electrons. The highest BCUT2D eigenvalue weighted by atomic mass is 15.2. The summed E-state index contributed by atoms with van der Waals surface area (Å²) in [5, 5.41) is 26.2. The zero-order valence-electron chi connectivity index (χ0n) is 29.0. The van der Waals surface area contributed by atoms with E-state index in [4.69, 9.17) is 0 Å². The van der Waals surface area contributed by atoms with Crippen molar-refractivity contribution in [3.8, 4) is 0 Å². The monoisotopic (exact) mass is 607 g/mol. The summed E-state index contributed by atoms with van der Waals surface area (Å²) in [4.78, 5) is 2.79. The lowest BCUT2D eigenvalue weighted by molar-refractivity contribution is 0.199. The van der Waals surface area contributed by atoms with Crippen molar-refractivity contribution in [1.82, 2.24) is 42.1 Å². The third kappa shape index (κ3) is 13.9. The van der Waals surface area contributed by atoms with Gasteiger partial charge in [-0.3, -0.25) is 0 Å². The third-order valence-corrected chi connectivity index (χ3v) is 10.8. The molecule has 7 unspecified atom stereocenters. The van der Waals surface area contributed by atoms with Crippen molar-refractivity contribution in [3.63, 3.8) is 0 Å². The van der Waals surface area contributed by atoms with E-state index in [-0.39, 0.29) is 0 Å². The molecule has 0 radical (unpaired) electrons. The fourth-order valence-corrected chi connectivity index (χ4v) is 8.38. The Hall–Kier alpha value is -0.320. The van der Waals surface area contributed by atoms with Crippen LogP contribution >= 0.6 is 0 Å². The molecule has 3 fully saturated rings. The first-order chi connectivity index (χ1) is 21.2. The number of hydrogen-bond acceptors (Lipinski definition) is 8. The summed E-state index contributed by atoms with van der Waals surface area (Å²) in [6, 6.07) is 2.83. The maximum absolute atomic E-state index is 3.96. The van der Waals surface area contributed by atoms with Crippen LogP contribution in [0.2, 0.25) is 0 Å². The first-order valence-electron chi connectivity index (χ1n) is 19.0. The van der Waals surface area contributed by atoms with Crippen LogP contribution in [-0.2, 0) is 0 Å². The average molecular weight is 607 g/mol. The first kappa shape index (κ1) is 37.1. The molecule has 8 heteroatoms. The van der Waals surface area contributed by atoms with E-state index in [1.165, 1.54) is 96.8 Å². The Morgan fingerprint density at radius 2 is 1.07 bits per heavy atom. The van der Waals surface area contributed by atoms with Gasteiger partial charge in [-0.15, -0.1) is 0 Å². The maximum Gasteiger partial charge on any atom is 0.0123 e. The molecule has 43 heavy (non-hydrogen) atoms. The summed E-state index contributed by atoms with van der Waals surface area (Å²) in [7, 11) is 0. The highest BCUT2D eigenvalue weighted by molar-refractivity contribution is 4.94. The molecule has 0 amide bonds. The average Bonchev–Trinajstić information content (AvgIpc) is 3.76. The van der Waals surface area contributed by atoms with E-state index in [9.17, 15) is 0 Å². The molecule has 0 aromatic carbocycles. The molecule has 3 aliphatic rings. The molecule has 0 spiro atoms. The summed E-state index contributed by atoms with van der Waals surface area (Å²) >= 11 is 0. The standard InChI is InChI=1S/C35H74N8/c1-5-36-18-11-19-37-27-30-15-10-17-34(30)42-22-13-23-43(8-4)32-24-31(35(25-32)41-7-3)28-39-21-12-20-38-26-29-14-9-16-33(29)40-6-2/h29-42H,5-28H2,1-4H3. The smallest absolute Gasteiger partial charge is 0.0123 e. The lowest BCUT2D eigenvalue weighted by Gasteiger charge is -2.28. The van der Waals surface area contributed by atoms with Gasteiger partial charge < -0.3 is 42.1 Å². The van der Waals surface area contributed by atoms with Crippen molar-refractivity contribution in [1.29, 1.82) is 0 Å². The minimum atomic E-state index is 0.655. The Bertz CT molecular complexity index is 666. The van der Waals surface area contributed by atoms with Crippen molar-refractivity contribution < 1.29 is 0 Å². The predicted octanol–water partition coefficient (Wildman–Crippen LogP) is 3.15. The molecular weight excluding hydrogens is 532 g/mol. The summed E-state index contributed by atoms with van der Waals surface area (Å²) < 4.78 is 0.